The first-order chi connectivity index (χ1) is 14.4. The Balaban J connectivity index is 1.49. The fourth-order valence-corrected chi connectivity index (χ4v) is 4.67. The van der Waals surface area contributed by atoms with Gasteiger partial charge in [-0.1, -0.05) is 44.2 Å². The van der Waals surface area contributed by atoms with E-state index in [9.17, 15) is 13.2 Å². The van der Waals surface area contributed by atoms with Gasteiger partial charge in [0, 0.05) is 25.3 Å². The van der Waals surface area contributed by atoms with Crippen molar-refractivity contribution in [3.8, 4) is 0 Å². The number of anilines is 1. The van der Waals surface area contributed by atoms with E-state index < -0.39 is 9.84 Å². The largest absolute Gasteiger partial charge is 0.334 e. The number of carbonyl (C=O) groups is 1. The van der Waals surface area contributed by atoms with Crippen LogP contribution in [0.2, 0.25) is 0 Å². The first kappa shape index (κ1) is 22.3. The molecule has 3 rings (SSSR count). The molecular formula is C23H31N3O3S. The molecule has 2 N–H and O–H groups in total. The summed E-state index contributed by atoms with van der Waals surface area (Å²) in [6.07, 6.45) is 2.59. The van der Waals surface area contributed by atoms with E-state index in [2.05, 4.69) is 34.6 Å². The van der Waals surface area contributed by atoms with Crippen molar-refractivity contribution in [2.45, 2.75) is 44.7 Å². The molecule has 0 bridgehead atoms. The maximum absolute atomic E-state index is 12.2. The summed E-state index contributed by atoms with van der Waals surface area (Å²) in [5.41, 5.74) is 2.75. The molecule has 0 radical (unpaired) electrons. The Bertz CT molecular complexity index is 958. The lowest BCUT2D eigenvalue weighted by molar-refractivity contribution is 0.176. The zero-order chi connectivity index (χ0) is 21.6. The van der Waals surface area contributed by atoms with Gasteiger partial charge in [0.25, 0.3) is 0 Å². The Labute approximate surface area is 179 Å². The van der Waals surface area contributed by atoms with Gasteiger partial charge in [-0.2, -0.15) is 0 Å². The molecule has 1 heterocycles. The van der Waals surface area contributed by atoms with E-state index in [1.165, 1.54) is 30.5 Å². The summed E-state index contributed by atoms with van der Waals surface area (Å²) in [5, 5.41) is 5.51. The van der Waals surface area contributed by atoms with Crippen molar-refractivity contribution in [1.29, 1.82) is 0 Å². The van der Waals surface area contributed by atoms with E-state index in [1.807, 2.05) is 12.1 Å². The fraction of sp³-hybridized carbons (Fsp3) is 0.435. The molecule has 0 saturated carbocycles. The number of likely N-dealkylation sites (tertiary alicyclic amines) is 1. The monoisotopic (exact) mass is 429 g/mol. The van der Waals surface area contributed by atoms with Gasteiger partial charge in [-0.25, -0.2) is 13.2 Å². The first-order valence-corrected chi connectivity index (χ1v) is 12.2. The number of piperidine rings is 1. The minimum absolute atomic E-state index is 0.0232. The minimum Gasteiger partial charge on any atom is -0.334 e. The predicted molar refractivity (Wildman–Crippen MR) is 120 cm³/mol. The Kier molecular flexibility index (Phi) is 7.50. The molecule has 1 unspecified atom stereocenters. The molecule has 0 aromatic heterocycles. The Morgan fingerprint density at radius 1 is 1.13 bits per heavy atom. The molecule has 1 saturated heterocycles. The molecule has 7 heteroatoms. The fourth-order valence-electron chi connectivity index (χ4n) is 3.74. The first-order valence-electron chi connectivity index (χ1n) is 10.5. The van der Waals surface area contributed by atoms with Crippen LogP contribution in [0.4, 0.5) is 10.5 Å². The molecule has 1 aliphatic heterocycles. The van der Waals surface area contributed by atoms with E-state index >= 15 is 0 Å². The van der Waals surface area contributed by atoms with Gasteiger partial charge >= 0.3 is 6.03 Å². The van der Waals surface area contributed by atoms with E-state index in [4.69, 9.17) is 0 Å². The molecule has 1 aliphatic rings. The van der Waals surface area contributed by atoms with Crippen molar-refractivity contribution in [3.63, 3.8) is 0 Å². The lowest BCUT2D eigenvalue weighted by Gasteiger charge is -2.30. The number of amides is 2. The second kappa shape index (κ2) is 10.1. The normalized spacial score (nSPS) is 17.5. The van der Waals surface area contributed by atoms with Gasteiger partial charge in [0.15, 0.2) is 9.84 Å². The zero-order valence-corrected chi connectivity index (χ0v) is 18.5. The van der Waals surface area contributed by atoms with Crippen LogP contribution in [0.5, 0.6) is 0 Å². The summed E-state index contributed by atoms with van der Waals surface area (Å²) in [6, 6.07) is 14.3. The van der Waals surface area contributed by atoms with Crippen molar-refractivity contribution in [1.82, 2.24) is 10.2 Å². The van der Waals surface area contributed by atoms with Gasteiger partial charge in [-0.05, 0) is 54.6 Å². The van der Waals surface area contributed by atoms with Crippen LogP contribution in [0, 0.1) is 5.92 Å². The standard InChI is InChI=1S/C23H31N3O3S/c1-3-30(28,29)22-8-4-7-21(14-22)25-23(27)24-15-19-9-11-20(12-10-19)17-26-13-5-6-18(2)16-26/h4,7-12,14,18H,3,5-6,13,15-17H2,1-2H3,(H2,24,25,27). The topological polar surface area (TPSA) is 78.5 Å². The molecule has 30 heavy (non-hydrogen) atoms. The summed E-state index contributed by atoms with van der Waals surface area (Å²) in [5.74, 6) is 0.790. The zero-order valence-electron chi connectivity index (χ0n) is 17.7. The van der Waals surface area contributed by atoms with Crippen LogP contribution in [0.1, 0.15) is 37.8 Å². The highest BCUT2D eigenvalue weighted by molar-refractivity contribution is 7.91. The van der Waals surface area contributed by atoms with Crippen LogP contribution in [-0.4, -0.2) is 38.2 Å². The van der Waals surface area contributed by atoms with Gasteiger partial charge in [0.1, 0.15) is 0 Å². The maximum atomic E-state index is 12.2. The third kappa shape index (κ3) is 6.31. The van der Waals surface area contributed by atoms with Crippen molar-refractivity contribution < 1.29 is 13.2 Å². The number of sulfone groups is 1. The second-order valence-corrected chi connectivity index (χ2v) is 10.3. The third-order valence-electron chi connectivity index (χ3n) is 5.45. The lowest BCUT2D eigenvalue weighted by Crippen LogP contribution is -2.33. The van der Waals surface area contributed by atoms with Crippen LogP contribution >= 0.6 is 0 Å². The van der Waals surface area contributed by atoms with E-state index in [0.717, 1.165) is 31.1 Å². The molecule has 2 aromatic carbocycles. The molecule has 6 nitrogen and oxygen atoms in total. The van der Waals surface area contributed by atoms with Crippen LogP contribution in [-0.2, 0) is 22.9 Å². The summed E-state index contributed by atoms with van der Waals surface area (Å²) < 4.78 is 24.0. The highest BCUT2D eigenvalue weighted by Crippen LogP contribution is 2.18. The van der Waals surface area contributed by atoms with Crippen LogP contribution in [0.25, 0.3) is 0 Å². The van der Waals surface area contributed by atoms with Crippen molar-refractivity contribution in [2.75, 3.05) is 24.2 Å². The van der Waals surface area contributed by atoms with E-state index in [0.29, 0.717) is 12.2 Å². The smallest absolute Gasteiger partial charge is 0.319 e. The van der Waals surface area contributed by atoms with Crippen LogP contribution in [0.3, 0.4) is 0 Å². The number of nitrogens with zero attached hydrogens (tertiary/aromatic N) is 1. The summed E-state index contributed by atoms with van der Waals surface area (Å²) in [4.78, 5) is 14.9. The van der Waals surface area contributed by atoms with Gasteiger partial charge in [-0.3, -0.25) is 4.90 Å². The van der Waals surface area contributed by atoms with Crippen molar-refractivity contribution >= 4 is 21.6 Å². The van der Waals surface area contributed by atoms with Crippen molar-refractivity contribution in [3.05, 3.63) is 59.7 Å². The number of benzene rings is 2. The average molecular weight is 430 g/mol. The van der Waals surface area contributed by atoms with E-state index in [-0.39, 0.29) is 16.7 Å². The number of urea groups is 1. The van der Waals surface area contributed by atoms with Gasteiger partial charge < -0.3 is 10.6 Å². The molecule has 1 atom stereocenters. The number of hydrogen-bond donors (Lipinski definition) is 2. The van der Waals surface area contributed by atoms with Crippen LogP contribution in [0.15, 0.2) is 53.4 Å². The predicted octanol–water partition coefficient (Wildman–Crippen LogP) is 4.03. The second-order valence-electron chi connectivity index (χ2n) is 8.04. The highest BCUT2D eigenvalue weighted by atomic mass is 32.2. The Morgan fingerprint density at radius 3 is 2.57 bits per heavy atom. The summed E-state index contributed by atoms with van der Waals surface area (Å²) >= 11 is 0. The maximum Gasteiger partial charge on any atom is 0.319 e. The van der Waals surface area contributed by atoms with Gasteiger partial charge in [-0.15, -0.1) is 0 Å². The number of carbonyl (C=O) groups excluding carboxylic acids is 1. The Morgan fingerprint density at radius 2 is 1.87 bits per heavy atom. The SMILES string of the molecule is CCS(=O)(=O)c1cccc(NC(=O)NCc2ccc(CN3CCCC(C)C3)cc2)c1. The summed E-state index contributed by atoms with van der Waals surface area (Å²) in [6.45, 7) is 7.60. The lowest BCUT2D eigenvalue weighted by atomic mass is 9.99. The van der Waals surface area contributed by atoms with Gasteiger partial charge in [0.05, 0.1) is 10.6 Å². The van der Waals surface area contributed by atoms with Crippen LogP contribution < -0.4 is 10.6 Å². The Hall–Kier alpha value is -2.38. The minimum atomic E-state index is -3.30. The molecule has 0 aliphatic carbocycles. The van der Waals surface area contributed by atoms with Gasteiger partial charge in [0.2, 0.25) is 0 Å². The third-order valence-corrected chi connectivity index (χ3v) is 7.19. The van der Waals surface area contributed by atoms with Crippen molar-refractivity contribution in [2.24, 2.45) is 5.92 Å². The van der Waals surface area contributed by atoms with E-state index in [1.54, 1.807) is 19.1 Å². The highest BCUT2D eigenvalue weighted by Gasteiger charge is 2.16. The number of hydrogen-bond acceptors (Lipinski definition) is 4. The number of rotatable bonds is 7. The molecule has 2 amide bonds. The quantitative estimate of drug-likeness (QED) is 0.696. The average Bonchev–Trinajstić information content (AvgIpc) is 2.73. The molecule has 2 aromatic rings. The summed E-state index contributed by atoms with van der Waals surface area (Å²) in [7, 11) is -3.30. The molecular weight excluding hydrogens is 398 g/mol. The molecule has 162 valence electrons. The molecule has 1 fully saturated rings. The molecule has 0 spiro atoms. The number of nitrogens with one attached hydrogen (secondary N) is 2.